The van der Waals surface area contributed by atoms with Crippen molar-refractivity contribution in [1.29, 1.82) is 0 Å². The minimum absolute atomic E-state index is 0.0921. The fraction of sp³-hybridized carbons (Fsp3) is 0.591. The Morgan fingerprint density at radius 1 is 1.16 bits per heavy atom. The Bertz CT molecular complexity index is 894. The average molecular weight is 431 g/mol. The highest BCUT2D eigenvalue weighted by atomic mass is 16.5. The fourth-order valence-corrected chi connectivity index (χ4v) is 4.76. The lowest BCUT2D eigenvalue weighted by Crippen LogP contribution is -2.53. The van der Waals surface area contributed by atoms with Crippen LogP contribution >= 0.6 is 0 Å². The van der Waals surface area contributed by atoms with E-state index in [9.17, 15) is 14.4 Å². The summed E-state index contributed by atoms with van der Waals surface area (Å²) in [5, 5.41) is 3.68. The number of hydrogen-bond donors (Lipinski definition) is 2. The Hall–Kier alpha value is -2.81. The molecule has 2 fully saturated rings. The molecule has 0 unspecified atom stereocenters. The maximum absolute atomic E-state index is 12.9. The van der Waals surface area contributed by atoms with E-state index in [0.717, 1.165) is 35.4 Å². The Balaban J connectivity index is 1.37. The molecule has 1 aromatic carbocycles. The topological polar surface area (TPSA) is 100 Å². The van der Waals surface area contributed by atoms with Crippen LogP contribution < -0.4 is 20.2 Å². The van der Waals surface area contributed by atoms with Gasteiger partial charge in [-0.25, -0.2) is 4.79 Å². The van der Waals surface area contributed by atoms with Crippen LogP contribution in [0.1, 0.15) is 43.7 Å². The molecule has 0 bridgehead atoms. The molecule has 1 saturated heterocycles. The van der Waals surface area contributed by atoms with Crippen molar-refractivity contribution in [2.75, 3.05) is 27.3 Å². The highest BCUT2D eigenvalue weighted by Crippen LogP contribution is 2.36. The van der Waals surface area contributed by atoms with Gasteiger partial charge in [0, 0.05) is 13.1 Å². The monoisotopic (exact) mass is 430 g/mol. The quantitative estimate of drug-likeness (QED) is 0.689. The molecule has 0 atom stereocenters. The van der Waals surface area contributed by atoms with Gasteiger partial charge in [-0.1, -0.05) is 6.92 Å². The third-order valence-corrected chi connectivity index (χ3v) is 6.69. The van der Waals surface area contributed by atoms with E-state index in [2.05, 4.69) is 17.7 Å². The number of hydrogen-bond acceptors (Lipinski definition) is 6. The summed E-state index contributed by atoms with van der Waals surface area (Å²) in [4.78, 5) is 39.9. The van der Waals surface area contributed by atoms with Crippen molar-refractivity contribution < 1.29 is 23.9 Å². The van der Waals surface area contributed by atoms with E-state index in [0.29, 0.717) is 43.3 Å². The lowest BCUT2D eigenvalue weighted by molar-refractivity contribution is -0.140. The molecule has 3 aliphatic rings. The van der Waals surface area contributed by atoms with Gasteiger partial charge in [-0.15, -0.1) is 0 Å². The van der Waals surface area contributed by atoms with Crippen molar-refractivity contribution in [2.45, 2.75) is 51.1 Å². The van der Waals surface area contributed by atoms with E-state index >= 15 is 0 Å². The second-order valence-electron chi connectivity index (χ2n) is 8.81. The number of imide groups is 1. The van der Waals surface area contributed by atoms with Gasteiger partial charge < -0.3 is 14.8 Å². The van der Waals surface area contributed by atoms with E-state index in [4.69, 9.17) is 9.47 Å². The van der Waals surface area contributed by atoms with E-state index in [1.165, 1.54) is 0 Å². The highest BCUT2D eigenvalue weighted by molar-refractivity contribution is 6.08. The number of ether oxygens (including phenoxy) is 2. The van der Waals surface area contributed by atoms with Gasteiger partial charge in [0.05, 0.1) is 20.8 Å². The smallest absolute Gasteiger partial charge is 0.344 e. The number of carbonyl (C=O) groups is 3. The molecule has 9 nitrogen and oxygen atoms in total. The molecule has 9 heteroatoms. The van der Waals surface area contributed by atoms with Crippen LogP contribution in [0.3, 0.4) is 0 Å². The van der Waals surface area contributed by atoms with Gasteiger partial charge in [-0.2, -0.15) is 5.01 Å². The predicted octanol–water partition coefficient (Wildman–Crippen LogP) is 1.59. The molecule has 0 radical (unpaired) electrons. The third kappa shape index (κ3) is 4.06. The van der Waals surface area contributed by atoms with Crippen molar-refractivity contribution in [3.05, 3.63) is 23.3 Å². The normalized spacial score (nSPS) is 25.9. The maximum atomic E-state index is 12.9. The zero-order valence-corrected chi connectivity index (χ0v) is 18.3. The molecule has 0 aromatic heterocycles. The van der Waals surface area contributed by atoms with Crippen molar-refractivity contribution in [3.63, 3.8) is 0 Å². The number of rotatable bonds is 5. The number of hydrazine groups is 1. The highest BCUT2D eigenvalue weighted by Gasteiger charge is 2.52. The summed E-state index contributed by atoms with van der Waals surface area (Å²) in [6.07, 6.45) is 3.76. The molecular weight excluding hydrogens is 400 g/mol. The summed E-state index contributed by atoms with van der Waals surface area (Å²) in [5.74, 6) is 1.16. The lowest BCUT2D eigenvalue weighted by Gasteiger charge is -2.33. The number of nitrogens with one attached hydrogen (secondary N) is 2. The molecule has 1 aliphatic carbocycles. The minimum Gasteiger partial charge on any atom is -0.493 e. The number of carbonyl (C=O) groups excluding carboxylic acids is 3. The first-order valence-electron chi connectivity index (χ1n) is 10.8. The van der Waals surface area contributed by atoms with Crippen LogP contribution in [-0.2, 0) is 22.6 Å². The second-order valence-corrected chi connectivity index (χ2v) is 8.81. The zero-order chi connectivity index (χ0) is 22.2. The van der Waals surface area contributed by atoms with Gasteiger partial charge >= 0.3 is 6.03 Å². The Kier molecular flexibility index (Phi) is 5.79. The largest absolute Gasteiger partial charge is 0.493 e. The summed E-state index contributed by atoms with van der Waals surface area (Å²) in [6, 6.07) is 3.36. The Morgan fingerprint density at radius 3 is 2.45 bits per heavy atom. The molecule has 4 amide bonds. The number of fused-ring (bicyclic) bond motifs is 1. The van der Waals surface area contributed by atoms with Crippen LogP contribution in [0.25, 0.3) is 0 Å². The molecule has 2 aliphatic heterocycles. The van der Waals surface area contributed by atoms with Crippen LogP contribution in [0, 0.1) is 5.92 Å². The van der Waals surface area contributed by atoms with Crippen molar-refractivity contribution in [3.8, 4) is 11.5 Å². The number of urea groups is 1. The molecular formula is C22H30N4O5. The number of benzene rings is 1. The standard InChI is InChI=1S/C22H30N4O5/c1-14-4-7-22(8-5-14)20(28)26(21(29)23-22)24-19(27)13-25-9-6-15-10-17(30-2)18(31-3)11-16(15)12-25/h10-11,14H,4-9,12-13H2,1-3H3,(H,23,29)(H,24,27). The molecule has 1 saturated carbocycles. The van der Waals surface area contributed by atoms with Crippen LogP contribution in [0.4, 0.5) is 4.79 Å². The molecule has 31 heavy (non-hydrogen) atoms. The maximum Gasteiger partial charge on any atom is 0.344 e. The second kappa shape index (κ2) is 8.37. The van der Waals surface area contributed by atoms with E-state index in [1.54, 1.807) is 14.2 Å². The van der Waals surface area contributed by atoms with E-state index in [1.807, 2.05) is 17.0 Å². The van der Waals surface area contributed by atoms with Gasteiger partial charge in [0.25, 0.3) is 11.8 Å². The van der Waals surface area contributed by atoms with Crippen molar-refractivity contribution in [2.24, 2.45) is 5.92 Å². The molecule has 1 aromatic rings. The predicted molar refractivity (Wildman–Crippen MR) is 112 cm³/mol. The summed E-state index contributed by atoms with van der Waals surface area (Å²) in [7, 11) is 3.20. The number of nitrogens with zero attached hydrogens (tertiary/aromatic N) is 2. The van der Waals surface area contributed by atoms with Gasteiger partial charge in [0.1, 0.15) is 5.54 Å². The van der Waals surface area contributed by atoms with Crippen molar-refractivity contribution >= 4 is 17.8 Å². The van der Waals surface area contributed by atoms with Gasteiger partial charge in [-0.3, -0.25) is 19.9 Å². The fourth-order valence-electron chi connectivity index (χ4n) is 4.76. The number of methoxy groups -OCH3 is 2. The summed E-state index contributed by atoms with van der Waals surface area (Å²) in [6.45, 7) is 3.51. The first-order chi connectivity index (χ1) is 14.8. The van der Waals surface area contributed by atoms with Crippen LogP contribution in [0.2, 0.25) is 0 Å². The first-order valence-corrected chi connectivity index (χ1v) is 10.8. The van der Waals surface area contributed by atoms with Gasteiger partial charge in [0.2, 0.25) is 0 Å². The summed E-state index contributed by atoms with van der Waals surface area (Å²) >= 11 is 0. The Labute approximate surface area is 182 Å². The van der Waals surface area contributed by atoms with Crippen molar-refractivity contribution in [1.82, 2.24) is 20.7 Å². The van der Waals surface area contributed by atoms with Crippen LogP contribution in [-0.4, -0.2) is 60.6 Å². The van der Waals surface area contributed by atoms with Gasteiger partial charge in [0.15, 0.2) is 11.5 Å². The molecule has 2 N–H and O–H groups in total. The SMILES string of the molecule is COc1cc2c(cc1OC)CN(CC(=O)NN1C(=O)NC3(CCC(C)CC3)C1=O)CC2. The zero-order valence-electron chi connectivity index (χ0n) is 18.3. The summed E-state index contributed by atoms with van der Waals surface area (Å²) < 4.78 is 10.7. The molecule has 1 spiro atoms. The first kappa shape index (κ1) is 21.4. The van der Waals surface area contributed by atoms with E-state index in [-0.39, 0.29) is 18.4 Å². The number of amides is 4. The average Bonchev–Trinajstić information content (AvgIpc) is 2.98. The Morgan fingerprint density at radius 2 is 1.81 bits per heavy atom. The van der Waals surface area contributed by atoms with Gasteiger partial charge in [-0.05, 0) is 61.3 Å². The third-order valence-electron chi connectivity index (χ3n) is 6.69. The molecule has 168 valence electrons. The molecule has 2 heterocycles. The summed E-state index contributed by atoms with van der Waals surface area (Å²) in [5.41, 5.74) is 3.89. The van der Waals surface area contributed by atoms with E-state index < -0.39 is 11.6 Å². The minimum atomic E-state index is -0.865. The lowest BCUT2D eigenvalue weighted by atomic mass is 9.77. The molecule has 4 rings (SSSR count). The van der Waals surface area contributed by atoms with Crippen LogP contribution in [0.5, 0.6) is 11.5 Å². The van der Waals surface area contributed by atoms with Crippen LogP contribution in [0.15, 0.2) is 12.1 Å².